The lowest BCUT2D eigenvalue weighted by molar-refractivity contribution is -0.109. The molecule has 1 heterocycles. The molecule has 0 unspecified atom stereocenters. The second kappa shape index (κ2) is 12.3. The molecule has 0 bridgehead atoms. The van der Waals surface area contributed by atoms with Crippen molar-refractivity contribution in [3.63, 3.8) is 0 Å². The van der Waals surface area contributed by atoms with Crippen LogP contribution in [0.25, 0.3) is 0 Å². The van der Waals surface area contributed by atoms with E-state index in [4.69, 9.17) is 0 Å². The van der Waals surface area contributed by atoms with E-state index in [1.165, 1.54) is 37.9 Å². The summed E-state index contributed by atoms with van der Waals surface area (Å²) < 4.78 is 27.9. The highest BCUT2D eigenvalue weighted by Gasteiger charge is 2.28. The van der Waals surface area contributed by atoms with Crippen LogP contribution in [0.2, 0.25) is 0 Å². The van der Waals surface area contributed by atoms with Crippen molar-refractivity contribution in [1.82, 2.24) is 9.21 Å². The van der Waals surface area contributed by atoms with Gasteiger partial charge < -0.3 is 4.90 Å². The van der Waals surface area contributed by atoms with Crippen LogP contribution in [0.15, 0.2) is 29.2 Å². The molecule has 0 radical (unpaired) electrons. The van der Waals surface area contributed by atoms with Gasteiger partial charge in [-0.25, -0.2) is 8.42 Å². The minimum absolute atomic E-state index is 0.0249. The number of thioether (sulfide) groups is 1. The van der Waals surface area contributed by atoms with E-state index in [0.29, 0.717) is 25.1 Å². The van der Waals surface area contributed by atoms with Crippen molar-refractivity contribution in [2.45, 2.75) is 56.9 Å². The Morgan fingerprint density at radius 2 is 2.00 bits per heavy atom. The van der Waals surface area contributed by atoms with Gasteiger partial charge in [0, 0.05) is 36.7 Å². The molecule has 1 aromatic carbocycles. The summed E-state index contributed by atoms with van der Waals surface area (Å²) in [6, 6.07) is 7.65. The van der Waals surface area contributed by atoms with Gasteiger partial charge in [-0.3, -0.25) is 4.79 Å². The highest BCUT2D eigenvalue weighted by atomic mass is 32.2. The maximum absolute atomic E-state index is 13.1. The summed E-state index contributed by atoms with van der Waals surface area (Å²) in [6.07, 6.45) is 4.92. The Balaban J connectivity index is 1.97. The first-order valence-electron chi connectivity index (χ1n) is 10.4. The van der Waals surface area contributed by atoms with Crippen molar-refractivity contribution in [2.24, 2.45) is 0 Å². The largest absolute Gasteiger partial charge is 0.302 e. The van der Waals surface area contributed by atoms with Crippen LogP contribution in [-0.4, -0.2) is 66.5 Å². The summed E-state index contributed by atoms with van der Waals surface area (Å²) in [5.41, 5.74) is 1.10. The fraction of sp³-hybridized carbons (Fsp3) is 0.667. The first kappa shape index (κ1) is 24.7. The Morgan fingerprint density at radius 3 is 2.66 bits per heavy atom. The summed E-state index contributed by atoms with van der Waals surface area (Å²) in [5, 5.41) is 0.0249. The normalized spacial score (nSPS) is 16.8. The van der Waals surface area contributed by atoms with Gasteiger partial charge >= 0.3 is 0 Å². The molecule has 0 amide bonds. The zero-order chi connectivity index (χ0) is 21.3. The second-order valence-corrected chi connectivity index (χ2v) is 11.5. The number of sulfonamides is 1. The number of rotatable bonds is 11. The molecule has 29 heavy (non-hydrogen) atoms. The molecule has 1 fully saturated rings. The number of aryl methyl sites for hydroxylation is 1. The monoisotopic (exact) mass is 458 g/mol. The molecule has 0 spiro atoms. The molecule has 5 nitrogen and oxygen atoms in total. The van der Waals surface area contributed by atoms with E-state index < -0.39 is 10.0 Å². The van der Waals surface area contributed by atoms with Crippen molar-refractivity contribution >= 4 is 39.5 Å². The number of carbonyl (C=O) groups is 1. The van der Waals surface area contributed by atoms with E-state index in [2.05, 4.69) is 17.5 Å². The lowest BCUT2D eigenvalue weighted by Crippen LogP contribution is -2.46. The topological polar surface area (TPSA) is 57.7 Å². The van der Waals surface area contributed by atoms with Crippen molar-refractivity contribution in [3.05, 3.63) is 29.8 Å². The van der Waals surface area contributed by atoms with Gasteiger partial charge in [-0.05, 0) is 63.4 Å². The van der Waals surface area contributed by atoms with E-state index in [1.807, 2.05) is 31.2 Å². The Bertz CT molecular complexity index is 749. The van der Waals surface area contributed by atoms with Gasteiger partial charge in [-0.1, -0.05) is 30.3 Å². The predicted octanol–water partition coefficient (Wildman–Crippen LogP) is 3.69. The summed E-state index contributed by atoms with van der Waals surface area (Å²) in [6.45, 7) is 6.78. The van der Waals surface area contributed by atoms with Gasteiger partial charge in [0.25, 0.3) is 0 Å². The Hall–Kier alpha value is -0.540. The van der Waals surface area contributed by atoms with E-state index in [1.54, 1.807) is 4.31 Å². The minimum Gasteiger partial charge on any atom is -0.302 e. The smallest absolute Gasteiger partial charge is 0.214 e. The minimum atomic E-state index is -3.39. The van der Waals surface area contributed by atoms with E-state index in [-0.39, 0.29) is 16.9 Å². The first-order chi connectivity index (χ1) is 13.8. The lowest BCUT2D eigenvalue weighted by Gasteiger charge is -2.32. The van der Waals surface area contributed by atoms with Crippen LogP contribution in [0.4, 0.5) is 0 Å². The van der Waals surface area contributed by atoms with Crippen LogP contribution in [0.5, 0.6) is 0 Å². The molecule has 8 heteroatoms. The molecule has 1 atom stereocenters. The SMILES string of the molecule is CC(=O)SC[C@@H](C)N(CCN1CCCCC1)S(=O)(=O)CCCc1cccc(S)c1. The molecule has 1 aliphatic rings. The molecule has 2 rings (SSSR count). The summed E-state index contributed by atoms with van der Waals surface area (Å²) in [5.74, 6) is 0.620. The van der Waals surface area contributed by atoms with Crippen LogP contribution >= 0.6 is 24.4 Å². The summed E-state index contributed by atoms with van der Waals surface area (Å²) in [4.78, 5) is 14.6. The molecule has 0 aliphatic carbocycles. The Morgan fingerprint density at radius 1 is 1.28 bits per heavy atom. The van der Waals surface area contributed by atoms with Gasteiger partial charge in [0.15, 0.2) is 5.12 Å². The lowest BCUT2D eigenvalue weighted by atomic mass is 10.1. The van der Waals surface area contributed by atoms with E-state index >= 15 is 0 Å². The molecular formula is C21H34N2O3S3. The third kappa shape index (κ3) is 9.00. The van der Waals surface area contributed by atoms with Crippen molar-refractivity contribution in [2.75, 3.05) is 37.7 Å². The van der Waals surface area contributed by atoms with Gasteiger partial charge in [0.2, 0.25) is 10.0 Å². The first-order valence-corrected chi connectivity index (χ1v) is 13.5. The second-order valence-electron chi connectivity index (χ2n) is 7.75. The standard InChI is InChI=1S/C21H34N2O3S3/c1-18(17-28-19(2)24)23(14-13-22-11-4-3-5-12-22)29(25,26)15-7-9-20-8-6-10-21(27)16-20/h6,8,10,16,18,27H,3-5,7,9,11-15,17H2,1-2H3/t18-/m1/s1. The van der Waals surface area contributed by atoms with Crippen molar-refractivity contribution in [3.8, 4) is 0 Å². The number of hydrogen-bond acceptors (Lipinski definition) is 6. The average Bonchev–Trinajstić information content (AvgIpc) is 2.67. The average molecular weight is 459 g/mol. The maximum atomic E-state index is 13.1. The van der Waals surface area contributed by atoms with Crippen molar-refractivity contribution in [1.29, 1.82) is 0 Å². The number of piperidine rings is 1. The van der Waals surface area contributed by atoms with Gasteiger partial charge in [0.1, 0.15) is 0 Å². The molecule has 0 aromatic heterocycles. The van der Waals surface area contributed by atoms with E-state index in [9.17, 15) is 13.2 Å². The Kier molecular flexibility index (Phi) is 10.5. The van der Waals surface area contributed by atoms with Crippen LogP contribution in [0, 0.1) is 0 Å². The third-order valence-electron chi connectivity index (χ3n) is 5.24. The Labute approximate surface area is 186 Å². The van der Waals surface area contributed by atoms with Gasteiger partial charge in [-0.2, -0.15) is 4.31 Å². The number of thiol groups is 1. The summed E-state index contributed by atoms with van der Waals surface area (Å²) in [7, 11) is -3.39. The summed E-state index contributed by atoms with van der Waals surface area (Å²) >= 11 is 5.55. The number of likely N-dealkylation sites (tertiary alicyclic amines) is 1. The maximum Gasteiger partial charge on any atom is 0.214 e. The molecular weight excluding hydrogens is 424 g/mol. The molecule has 1 saturated heterocycles. The molecule has 1 aromatic rings. The number of benzene rings is 1. The van der Waals surface area contributed by atoms with Crippen LogP contribution < -0.4 is 0 Å². The van der Waals surface area contributed by atoms with Gasteiger partial charge in [0.05, 0.1) is 5.75 Å². The quantitative estimate of drug-likeness (QED) is 0.513. The highest BCUT2D eigenvalue weighted by molar-refractivity contribution is 8.13. The zero-order valence-corrected chi connectivity index (χ0v) is 20.1. The molecule has 164 valence electrons. The number of nitrogens with zero attached hydrogens (tertiary/aromatic N) is 2. The predicted molar refractivity (Wildman–Crippen MR) is 125 cm³/mol. The van der Waals surface area contributed by atoms with E-state index in [0.717, 1.165) is 30.1 Å². The molecule has 0 saturated carbocycles. The zero-order valence-electron chi connectivity index (χ0n) is 17.5. The third-order valence-corrected chi connectivity index (χ3v) is 8.64. The number of hydrogen-bond donors (Lipinski definition) is 1. The highest BCUT2D eigenvalue weighted by Crippen LogP contribution is 2.17. The fourth-order valence-electron chi connectivity index (χ4n) is 3.67. The van der Waals surface area contributed by atoms with Crippen LogP contribution in [-0.2, 0) is 21.2 Å². The fourth-order valence-corrected chi connectivity index (χ4v) is 6.39. The number of carbonyl (C=O) groups excluding carboxylic acids is 1. The molecule has 0 N–H and O–H groups in total. The molecule has 1 aliphatic heterocycles. The van der Waals surface area contributed by atoms with Crippen LogP contribution in [0.1, 0.15) is 45.1 Å². The van der Waals surface area contributed by atoms with Crippen molar-refractivity contribution < 1.29 is 13.2 Å². The van der Waals surface area contributed by atoms with Gasteiger partial charge in [-0.15, -0.1) is 12.6 Å². The van der Waals surface area contributed by atoms with Crippen LogP contribution in [0.3, 0.4) is 0 Å².